The van der Waals surface area contributed by atoms with Crippen molar-refractivity contribution >= 4 is 33.8 Å². The number of H-pyrrole nitrogens is 1. The Morgan fingerprint density at radius 1 is 1.29 bits per heavy atom. The van der Waals surface area contributed by atoms with Crippen LogP contribution in [-0.4, -0.2) is 16.1 Å². The molecule has 0 saturated heterocycles. The van der Waals surface area contributed by atoms with Crippen LogP contribution < -0.4 is 5.32 Å². The second kappa shape index (κ2) is 4.03. The number of aromatic nitrogens is 2. The zero-order valence-electron chi connectivity index (χ0n) is 8.81. The highest BCUT2D eigenvalue weighted by atomic mass is 32.1. The lowest BCUT2D eigenvalue weighted by Crippen LogP contribution is -2.10. The van der Waals surface area contributed by atoms with Crippen molar-refractivity contribution in [2.75, 3.05) is 5.32 Å². The molecule has 1 amide bonds. The van der Waals surface area contributed by atoms with E-state index in [1.165, 1.54) is 11.3 Å². The molecule has 0 fully saturated rings. The maximum Gasteiger partial charge on any atom is 0.265 e. The van der Waals surface area contributed by atoms with E-state index in [1.807, 2.05) is 29.6 Å². The van der Waals surface area contributed by atoms with Gasteiger partial charge in [-0.2, -0.15) is 5.10 Å². The fraction of sp³-hybridized carbons (Fsp3) is 0. The Hall–Kier alpha value is -2.14. The van der Waals surface area contributed by atoms with Gasteiger partial charge < -0.3 is 5.32 Å². The van der Waals surface area contributed by atoms with E-state index in [1.54, 1.807) is 12.3 Å². The molecular weight excluding hydrogens is 234 g/mol. The highest BCUT2D eigenvalue weighted by Crippen LogP contribution is 2.21. The molecule has 0 unspecified atom stereocenters. The predicted octanol–water partition coefficient (Wildman–Crippen LogP) is 2.88. The van der Waals surface area contributed by atoms with Crippen LogP contribution >= 0.6 is 11.3 Å². The van der Waals surface area contributed by atoms with E-state index in [2.05, 4.69) is 15.5 Å². The van der Waals surface area contributed by atoms with Gasteiger partial charge in [0.25, 0.3) is 5.91 Å². The number of fused-ring (bicyclic) bond motifs is 1. The maximum absolute atomic E-state index is 11.9. The minimum Gasteiger partial charge on any atom is -0.319 e. The first-order chi connectivity index (χ1) is 8.34. The molecule has 3 rings (SSSR count). The van der Waals surface area contributed by atoms with Crippen LogP contribution in [0.3, 0.4) is 0 Å². The monoisotopic (exact) mass is 243 g/mol. The van der Waals surface area contributed by atoms with Crippen LogP contribution in [0.2, 0.25) is 0 Å². The molecule has 3 aromatic rings. The molecule has 0 aliphatic heterocycles. The number of carbonyl (C=O) groups excluding carboxylic acids is 1. The molecule has 17 heavy (non-hydrogen) atoms. The molecule has 84 valence electrons. The van der Waals surface area contributed by atoms with Gasteiger partial charge in [0.15, 0.2) is 0 Å². The molecule has 0 atom stereocenters. The number of anilines is 1. The second-order valence-electron chi connectivity index (χ2n) is 3.57. The Balaban J connectivity index is 1.95. The number of benzene rings is 1. The van der Waals surface area contributed by atoms with Crippen LogP contribution in [0.1, 0.15) is 9.67 Å². The van der Waals surface area contributed by atoms with Crippen molar-refractivity contribution in [1.29, 1.82) is 0 Å². The largest absolute Gasteiger partial charge is 0.319 e. The fourth-order valence-corrected chi connectivity index (χ4v) is 2.28. The van der Waals surface area contributed by atoms with Gasteiger partial charge in [0.1, 0.15) is 0 Å². The number of nitrogens with zero attached hydrogens (tertiary/aromatic N) is 1. The average Bonchev–Trinajstić information content (AvgIpc) is 3.00. The van der Waals surface area contributed by atoms with Gasteiger partial charge >= 0.3 is 0 Å². The van der Waals surface area contributed by atoms with Crippen molar-refractivity contribution < 1.29 is 4.79 Å². The van der Waals surface area contributed by atoms with E-state index in [4.69, 9.17) is 0 Å². The summed E-state index contributed by atoms with van der Waals surface area (Å²) in [5.41, 5.74) is 1.59. The van der Waals surface area contributed by atoms with Crippen molar-refractivity contribution in [2.45, 2.75) is 0 Å². The van der Waals surface area contributed by atoms with Crippen LogP contribution in [0.5, 0.6) is 0 Å². The lowest BCUT2D eigenvalue weighted by Gasteiger charge is -2.04. The molecule has 0 spiro atoms. The summed E-state index contributed by atoms with van der Waals surface area (Å²) in [7, 11) is 0. The number of hydrogen-bond donors (Lipinski definition) is 2. The number of hydrogen-bond acceptors (Lipinski definition) is 3. The zero-order chi connectivity index (χ0) is 11.7. The summed E-state index contributed by atoms with van der Waals surface area (Å²) in [6.07, 6.45) is 1.73. The first kappa shape index (κ1) is 10.0. The van der Waals surface area contributed by atoms with Gasteiger partial charge in [0.2, 0.25) is 0 Å². The van der Waals surface area contributed by atoms with E-state index in [0.717, 1.165) is 16.6 Å². The van der Waals surface area contributed by atoms with E-state index in [0.29, 0.717) is 4.88 Å². The lowest BCUT2D eigenvalue weighted by atomic mass is 10.2. The molecule has 2 heterocycles. The highest BCUT2D eigenvalue weighted by Gasteiger charge is 2.09. The predicted molar refractivity (Wildman–Crippen MR) is 68.4 cm³/mol. The number of nitrogens with one attached hydrogen (secondary N) is 2. The molecule has 0 bridgehead atoms. The van der Waals surface area contributed by atoms with Gasteiger partial charge in [-0.1, -0.05) is 18.2 Å². The molecule has 0 aliphatic carbocycles. The van der Waals surface area contributed by atoms with Crippen molar-refractivity contribution in [3.8, 4) is 0 Å². The Labute approximate surface area is 101 Å². The number of carbonyl (C=O) groups is 1. The summed E-state index contributed by atoms with van der Waals surface area (Å²) in [6.45, 7) is 0. The maximum atomic E-state index is 11.9. The molecule has 2 N–H and O–H groups in total. The van der Waals surface area contributed by atoms with Gasteiger partial charge in [-0.3, -0.25) is 9.89 Å². The van der Waals surface area contributed by atoms with Gasteiger partial charge in [-0.25, -0.2) is 0 Å². The molecule has 4 nitrogen and oxygen atoms in total. The molecule has 0 saturated carbocycles. The van der Waals surface area contributed by atoms with E-state index in [-0.39, 0.29) is 5.91 Å². The number of para-hydroxylation sites is 1. The molecule has 1 aromatic carbocycles. The van der Waals surface area contributed by atoms with Crippen molar-refractivity contribution in [3.63, 3.8) is 0 Å². The van der Waals surface area contributed by atoms with Crippen LogP contribution in [0.25, 0.3) is 10.9 Å². The summed E-state index contributed by atoms with van der Waals surface area (Å²) in [5, 5.41) is 12.6. The van der Waals surface area contributed by atoms with Crippen molar-refractivity contribution in [1.82, 2.24) is 10.2 Å². The van der Waals surface area contributed by atoms with Crippen LogP contribution in [0.4, 0.5) is 5.69 Å². The minimum absolute atomic E-state index is 0.0953. The SMILES string of the molecule is O=C(Nc1cccc2cn[nH]c12)c1cccs1. The van der Waals surface area contributed by atoms with E-state index in [9.17, 15) is 4.79 Å². The summed E-state index contributed by atoms with van der Waals surface area (Å²) in [5.74, 6) is -0.0953. The zero-order valence-corrected chi connectivity index (χ0v) is 9.62. The van der Waals surface area contributed by atoms with Gasteiger partial charge in [0.05, 0.1) is 22.3 Å². The minimum atomic E-state index is -0.0953. The first-order valence-corrected chi connectivity index (χ1v) is 5.99. The third-order valence-electron chi connectivity index (χ3n) is 2.47. The molecule has 0 aliphatic rings. The Morgan fingerprint density at radius 3 is 3.06 bits per heavy atom. The van der Waals surface area contributed by atoms with Crippen LogP contribution in [0, 0.1) is 0 Å². The lowest BCUT2D eigenvalue weighted by molar-refractivity contribution is 0.103. The Bertz CT molecular complexity index is 657. The van der Waals surface area contributed by atoms with Gasteiger partial charge in [-0.05, 0) is 17.5 Å². The summed E-state index contributed by atoms with van der Waals surface area (Å²) in [4.78, 5) is 12.6. The third-order valence-corrected chi connectivity index (χ3v) is 3.34. The van der Waals surface area contributed by atoms with E-state index < -0.39 is 0 Å². The Kier molecular flexibility index (Phi) is 2.38. The molecule has 2 aromatic heterocycles. The van der Waals surface area contributed by atoms with Gasteiger partial charge in [0, 0.05) is 5.39 Å². The number of rotatable bonds is 2. The second-order valence-corrected chi connectivity index (χ2v) is 4.52. The van der Waals surface area contributed by atoms with Crippen molar-refractivity contribution in [3.05, 3.63) is 46.8 Å². The molecule has 0 radical (unpaired) electrons. The van der Waals surface area contributed by atoms with Crippen LogP contribution in [0.15, 0.2) is 41.9 Å². The summed E-state index contributed by atoms with van der Waals surface area (Å²) < 4.78 is 0. The van der Waals surface area contributed by atoms with Crippen LogP contribution in [-0.2, 0) is 0 Å². The third kappa shape index (κ3) is 1.81. The topological polar surface area (TPSA) is 57.8 Å². The number of thiophene rings is 1. The summed E-state index contributed by atoms with van der Waals surface area (Å²) in [6, 6.07) is 9.34. The summed E-state index contributed by atoms with van der Waals surface area (Å²) >= 11 is 1.42. The molecule has 5 heteroatoms. The average molecular weight is 243 g/mol. The highest BCUT2D eigenvalue weighted by molar-refractivity contribution is 7.12. The smallest absolute Gasteiger partial charge is 0.265 e. The molecular formula is C12H9N3OS. The van der Waals surface area contributed by atoms with Crippen molar-refractivity contribution in [2.24, 2.45) is 0 Å². The first-order valence-electron chi connectivity index (χ1n) is 5.11. The Morgan fingerprint density at radius 2 is 2.24 bits per heavy atom. The van der Waals surface area contributed by atoms with Gasteiger partial charge in [-0.15, -0.1) is 11.3 Å². The quantitative estimate of drug-likeness (QED) is 0.727. The standard InChI is InChI=1S/C12H9N3OS/c16-12(10-5-2-6-17-10)14-9-4-1-3-8-7-13-15-11(8)9/h1-7H,(H,13,15)(H,14,16). The number of amides is 1. The fourth-order valence-electron chi connectivity index (χ4n) is 1.66. The van der Waals surface area contributed by atoms with E-state index >= 15 is 0 Å². The number of aromatic amines is 1. The normalized spacial score (nSPS) is 10.6.